The highest BCUT2D eigenvalue weighted by atomic mass is 32.2. The van der Waals surface area contributed by atoms with Crippen LogP contribution in [0.3, 0.4) is 0 Å². The molecule has 0 saturated heterocycles. The van der Waals surface area contributed by atoms with E-state index >= 15 is 0 Å². The van der Waals surface area contributed by atoms with E-state index in [9.17, 15) is 13.2 Å². The van der Waals surface area contributed by atoms with Crippen molar-refractivity contribution in [3.63, 3.8) is 0 Å². The summed E-state index contributed by atoms with van der Waals surface area (Å²) in [5, 5.41) is 2.73. The summed E-state index contributed by atoms with van der Waals surface area (Å²) >= 11 is 0. The second kappa shape index (κ2) is 8.28. The fourth-order valence-corrected chi connectivity index (χ4v) is 5.06. The highest BCUT2D eigenvalue weighted by Gasteiger charge is 2.24. The molecule has 0 fully saturated rings. The van der Waals surface area contributed by atoms with Crippen molar-refractivity contribution in [1.82, 2.24) is 10.3 Å². The Labute approximate surface area is 190 Å². The van der Waals surface area contributed by atoms with Crippen molar-refractivity contribution in [2.45, 2.75) is 11.3 Å². The third kappa shape index (κ3) is 4.05. The highest BCUT2D eigenvalue weighted by Crippen LogP contribution is 2.37. The van der Waals surface area contributed by atoms with Gasteiger partial charge < -0.3 is 19.5 Å². The number of nitrogens with one attached hydrogen (secondary N) is 2. The predicted molar refractivity (Wildman–Crippen MR) is 121 cm³/mol. The molecule has 3 aromatic rings. The van der Waals surface area contributed by atoms with E-state index in [4.69, 9.17) is 14.2 Å². The molecule has 9 nitrogen and oxygen atoms in total. The van der Waals surface area contributed by atoms with E-state index in [-0.39, 0.29) is 22.2 Å². The maximum Gasteiger partial charge on any atom is 0.265 e. The summed E-state index contributed by atoms with van der Waals surface area (Å²) < 4.78 is 45.6. The zero-order valence-corrected chi connectivity index (χ0v) is 18.6. The van der Waals surface area contributed by atoms with Crippen molar-refractivity contribution in [3.8, 4) is 28.4 Å². The van der Waals surface area contributed by atoms with E-state index in [1.54, 1.807) is 18.2 Å². The topological polar surface area (TPSA) is 116 Å². The number of nitrogens with zero attached hydrogens (tertiary/aromatic N) is 1. The van der Waals surface area contributed by atoms with Gasteiger partial charge >= 0.3 is 0 Å². The lowest BCUT2D eigenvalue weighted by atomic mass is 10.0. The zero-order valence-electron chi connectivity index (χ0n) is 17.8. The Bertz CT molecular complexity index is 1360. The summed E-state index contributed by atoms with van der Waals surface area (Å²) in [7, 11) is -2.64. The third-order valence-electron chi connectivity index (χ3n) is 5.44. The SMILES string of the molecule is COc1ccc(-c2ccc3c(c2)OCCO3)cc1S(=O)(=O)Nc1cnc2c(c1)C(=O)NCC2. The molecule has 2 aliphatic rings. The molecule has 0 saturated carbocycles. The summed E-state index contributed by atoms with van der Waals surface area (Å²) in [6, 6.07) is 11.8. The van der Waals surface area contributed by atoms with Crippen LogP contribution in [0.4, 0.5) is 5.69 Å². The van der Waals surface area contributed by atoms with Gasteiger partial charge in [-0.3, -0.25) is 14.5 Å². The van der Waals surface area contributed by atoms with E-state index in [2.05, 4.69) is 15.0 Å². The molecule has 0 atom stereocenters. The van der Waals surface area contributed by atoms with Crippen LogP contribution < -0.4 is 24.2 Å². The van der Waals surface area contributed by atoms with E-state index in [1.165, 1.54) is 25.4 Å². The smallest absolute Gasteiger partial charge is 0.265 e. The van der Waals surface area contributed by atoms with Crippen molar-refractivity contribution in [3.05, 3.63) is 59.9 Å². The summed E-state index contributed by atoms with van der Waals surface area (Å²) in [4.78, 5) is 16.3. The van der Waals surface area contributed by atoms with Crippen LogP contribution >= 0.6 is 0 Å². The van der Waals surface area contributed by atoms with Gasteiger partial charge in [0.1, 0.15) is 23.9 Å². The minimum Gasteiger partial charge on any atom is -0.495 e. The Morgan fingerprint density at radius 3 is 2.61 bits per heavy atom. The molecule has 33 heavy (non-hydrogen) atoms. The van der Waals surface area contributed by atoms with Crippen molar-refractivity contribution < 1.29 is 27.4 Å². The number of methoxy groups -OCH3 is 1. The highest BCUT2D eigenvalue weighted by molar-refractivity contribution is 7.92. The first-order chi connectivity index (χ1) is 15.9. The molecule has 170 valence electrons. The molecular formula is C23H21N3O6S. The number of ether oxygens (including phenoxy) is 3. The quantitative estimate of drug-likeness (QED) is 0.593. The summed E-state index contributed by atoms with van der Waals surface area (Å²) in [6.07, 6.45) is 2.01. The second-order valence-corrected chi connectivity index (χ2v) is 9.20. The Balaban J connectivity index is 1.50. The number of carbonyl (C=O) groups excluding carboxylic acids is 1. The van der Waals surface area contributed by atoms with Crippen LogP contribution in [0.5, 0.6) is 17.2 Å². The maximum absolute atomic E-state index is 13.3. The van der Waals surface area contributed by atoms with Crippen LogP contribution in [0.25, 0.3) is 11.1 Å². The molecule has 2 N–H and O–H groups in total. The molecule has 0 unspecified atom stereocenters. The van der Waals surface area contributed by atoms with Crippen molar-refractivity contribution in [2.75, 3.05) is 31.6 Å². The monoisotopic (exact) mass is 467 g/mol. The van der Waals surface area contributed by atoms with E-state index in [0.29, 0.717) is 54.5 Å². The van der Waals surface area contributed by atoms with Crippen LogP contribution in [0.15, 0.2) is 53.6 Å². The molecule has 3 heterocycles. The fraction of sp³-hybridized carbons (Fsp3) is 0.217. The molecule has 5 rings (SSSR count). The van der Waals surface area contributed by atoms with Crippen LogP contribution in [0, 0.1) is 0 Å². The van der Waals surface area contributed by atoms with E-state index in [1.807, 2.05) is 12.1 Å². The van der Waals surface area contributed by atoms with Crippen LogP contribution in [0.1, 0.15) is 16.1 Å². The lowest BCUT2D eigenvalue weighted by molar-refractivity contribution is 0.0945. The number of sulfonamides is 1. The average Bonchev–Trinajstić information content (AvgIpc) is 2.83. The number of carbonyl (C=O) groups is 1. The zero-order chi connectivity index (χ0) is 23.0. The van der Waals surface area contributed by atoms with Gasteiger partial charge in [0.2, 0.25) is 0 Å². The van der Waals surface area contributed by atoms with Crippen LogP contribution in [-0.2, 0) is 16.4 Å². The second-order valence-electron chi connectivity index (χ2n) is 7.55. The van der Waals surface area contributed by atoms with E-state index < -0.39 is 10.0 Å². The Morgan fingerprint density at radius 2 is 1.79 bits per heavy atom. The fourth-order valence-electron chi connectivity index (χ4n) is 3.83. The standard InChI is InChI=1S/C23H21N3O6S/c1-30-20-5-3-15(14-2-4-19-21(10-14)32-9-8-31-19)11-22(20)33(28,29)26-16-12-17-18(25-13-16)6-7-24-23(17)27/h2-5,10-13,26H,6-9H2,1H3,(H,24,27). The number of amides is 1. The summed E-state index contributed by atoms with van der Waals surface area (Å²) in [5.74, 6) is 1.17. The molecule has 0 radical (unpaired) electrons. The van der Waals surface area contributed by atoms with Gasteiger partial charge in [-0.2, -0.15) is 0 Å². The third-order valence-corrected chi connectivity index (χ3v) is 6.85. The number of anilines is 1. The molecule has 10 heteroatoms. The molecule has 0 bridgehead atoms. The minimum absolute atomic E-state index is 0.0421. The molecule has 0 spiro atoms. The first-order valence-electron chi connectivity index (χ1n) is 10.3. The molecule has 1 aromatic heterocycles. The van der Waals surface area contributed by atoms with Gasteiger partial charge in [-0.15, -0.1) is 0 Å². The molecule has 2 aromatic carbocycles. The van der Waals surface area contributed by atoms with Crippen LogP contribution in [0.2, 0.25) is 0 Å². The number of fused-ring (bicyclic) bond motifs is 2. The number of aromatic nitrogens is 1. The first kappa shape index (κ1) is 21.1. The van der Waals surface area contributed by atoms with Gasteiger partial charge in [-0.25, -0.2) is 8.42 Å². The first-order valence-corrected chi connectivity index (χ1v) is 11.8. The van der Waals surface area contributed by atoms with Crippen molar-refractivity contribution >= 4 is 21.6 Å². The van der Waals surface area contributed by atoms with Crippen LogP contribution in [-0.4, -0.2) is 46.2 Å². The largest absolute Gasteiger partial charge is 0.495 e. The maximum atomic E-state index is 13.3. The molecule has 2 aliphatic heterocycles. The van der Waals surface area contributed by atoms with Gasteiger partial charge in [0, 0.05) is 13.0 Å². The van der Waals surface area contributed by atoms with Crippen molar-refractivity contribution in [1.29, 1.82) is 0 Å². The Kier molecular flexibility index (Phi) is 5.29. The number of rotatable bonds is 5. The predicted octanol–water partition coefficient (Wildman–Crippen LogP) is 2.62. The summed E-state index contributed by atoms with van der Waals surface area (Å²) in [5.41, 5.74) is 2.62. The number of hydrogen-bond donors (Lipinski definition) is 2. The van der Waals surface area contributed by atoms with Gasteiger partial charge in [0.15, 0.2) is 11.5 Å². The lowest BCUT2D eigenvalue weighted by Crippen LogP contribution is -2.32. The molecular weight excluding hydrogens is 446 g/mol. The summed E-state index contributed by atoms with van der Waals surface area (Å²) in [6.45, 7) is 1.45. The van der Waals surface area contributed by atoms with Gasteiger partial charge in [-0.1, -0.05) is 12.1 Å². The molecule has 1 amide bonds. The van der Waals surface area contributed by atoms with Crippen molar-refractivity contribution in [2.24, 2.45) is 0 Å². The van der Waals surface area contributed by atoms with E-state index in [0.717, 1.165) is 5.56 Å². The Morgan fingerprint density at radius 1 is 1.03 bits per heavy atom. The Hall–Kier alpha value is -3.79. The van der Waals surface area contributed by atoms with Gasteiger partial charge in [0.05, 0.1) is 30.3 Å². The number of hydrogen-bond acceptors (Lipinski definition) is 7. The van der Waals surface area contributed by atoms with Gasteiger partial charge in [-0.05, 0) is 41.5 Å². The number of pyridine rings is 1. The lowest BCUT2D eigenvalue weighted by Gasteiger charge is -2.19. The number of benzene rings is 2. The normalized spacial score (nSPS) is 14.8. The average molecular weight is 468 g/mol. The van der Waals surface area contributed by atoms with Gasteiger partial charge in [0.25, 0.3) is 15.9 Å². The minimum atomic E-state index is -4.05. The molecule has 0 aliphatic carbocycles.